The summed E-state index contributed by atoms with van der Waals surface area (Å²) in [5.74, 6) is 1.32. The zero-order valence-corrected chi connectivity index (χ0v) is 10.5. The van der Waals surface area contributed by atoms with Gasteiger partial charge >= 0.3 is 0 Å². The highest BCUT2D eigenvalue weighted by Gasteiger charge is 2.19. The van der Waals surface area contributed by atoms with E-state index in [1.54, 1.807) is 0 Å². The van der Waals surface area contributed by atoms with Crippen LogP contribution in [-0.4, -0.2) is 24.7 Å². The molecule has 0 spiro atoms. The molecule has 2 heterocycles. The van der Waals surface area contributed by atoms with Crippen LogP contribution in [0.1, 0.15) is 22.8 Å². The summed E-state index contributed by atoms with van der Waals surface area (Å²) in [6.45, 7) is 2.16. The molecule has 1 aromatic carbocycles. The summed E-state index contributed by atoms with van der Waals surface area (Å²) in [4.78, 5) is 11.3. The van der Waals surface area contributed by atoms with Crippen LogP contribution < -0.4 is 10.6 Å². The molecule has 2 aliphatic heterocycles. The Morgan fingerprint density at radius 2 is 2.24 bits per heavy atom. The predicted molar refractivity (Wildman–Crippen MR) is 71.5 cm³/mol. The van der Waals surface area contributed by atoms with Gasteiger partial charge in [0.15, 0.2) is 0 Å². The number of carbonyl (C=O) groups is 1. The van der Waals surface area contributed by atoms with Crippen molar-refractivity contribution in [2.24, 2.45) is 0 Å². The molecule has 0 radical (unpaired) electrons. The molecule has 2 aliphatic rings. The Kier molecular flexibility index (Phi) is 3.07. The summed E-state index contributed by atoms with van der Waals surface area (Å²) < 4.78 is 0. The number of benzene rings is 1. The first-order valence-electron chi connectivity index (χ1n) is 6.08. The van der Waals surface area contributed by atoms with Gasteiger partial charge in [-0.25, -0.2) is 0 Å². The van der Waals surface area contributed by atoms with Crippen LogP contribution in [0.4, 0.5) is 5.69 Å². The number of anilines is 1. The highest BCUT2D eigenvalue weighted by Crippen LogP contribution is 2.33. The van der Waals surface area contributed by atoms with E-state index in [1.165, 1.54) is 16.9 Å². The molecular formula is C13H16N2OS. The minimum Gasteiger partial charge on any atom is -0.326 e. The number of thioether (sulfide) groups is 1. The first-order valence-corrected chi connectivity index (χ1v) is 7.13. The van der Waals surface area contributed by atoms with Crippen molar-refractivity contribution >= 4 is 23.4 Å². The van der Waals surface area contributed by atoms with E-state index in [4.69, 9.17) is 0 Å². The summed E-state index contributed by atoms with van der Waals surface area (Å²) in [7, 11) is 0. The number of hydrogen-bond acceptors (Lipinski definition) is 3. The van der Waals surface area contributed by atoms with Gasteiger partial charge in [0.2, 0.25) is 5.91 Å². The quantitative estimate of drug-likeness (QED) is 0.798. The molecule has 17 heavy (non-hydrogen) atoms. The molecule has 1 saturated heterocycles. The van der Waals surface area contributed by atoms with Gasteiger partial charge in [-0.05, 0) is 23.6 Å². The van der Waals surface area contributed by atoms with Crippen LogP contribution in [0.25, 0.3) is 0 Å². The average Bonchev–Trinajstić information content (AvgIpc) is 2.39. The molecule has 0 aromatic heterocycles. The Labute approximate surface area is 105 Å². The normalized spacial score (nSPS) is 24.0. The monoisotopic (exact) mass is 248 g/mol. The van der Waals surface area contributed by atoms with Crippen molar-refractivity contribution in [3.63, 3.8) is 0 Å². The molecule has 1 unspecified atom stereocenters. The lowest BCUT2D eigenvalue weighted by molar-refractivity contribution is -0.116. The van der Waals surface area contributed by atoms with E-state index in [9.17, 15) is 4.79 Å². The van der Waals surface area contributed by atoms with E-state index < -0.39 is 0 Å². The molecule has 0 saturated carbocycles. The van der Waals surface area contributed by atoms with E-state index in [1.807, 2.05) is 11.8 Å². The molecular weight excluding hydrogens is 232 g/mol. The molecule has 0 bridgehead atoms. The number of amides is 1. The molecule has 0 aliphatic carbocycles. The van der Waals surface area contributed by atoms with Gasteiger partial charge in [-0.3, -0.25) is 4.79 Å². The molecule has 90 valence electrons. The summed E-state index contributed by atoms with van der Waals surface area (Å²) in [6.07, 6.45) is 1.49. The van der Waals surface area contributed by atoms with E-state index in [2.05, 4.69) is 28.8 Å². The second-order valence-corrected chi connectivity index (χ2v) is 5.84. The average molecular weight is 248 g/mol. The predicted octanol–water partition coefficient (Wildman–Crippen LogP) is 1.95. The van der Waals surface area contributed by atoms with Crippen LogP contribution in [0.2, 0.25) is 0 Å². The fraction of sp³-hybridized carbons (Fsp3) is 0.462. The lowest BCUT2D eigenvalue weighted by atomic mass is 9.99. The number of nitrogens with one attached hydrogen (secondary N) is 2. The van der Waals surface area contributed by atoms with Crippen molar-refractivity contribution in [2.75, 3.05) is 24.2 Å². The zero-order valence-electron chi connectivity index (χ0n) is 9.66. The van der Waals surface area contributed by atoms with E-state index in [0.717, 1.165) is 25.2 Å². The van der Waals surface area contributed by atoms with Gasteiger partial charge in [0, 0.05) is 36.2 Å². The fourth-order valence-electron chi connectivity index (χ4n) is 2.38. The van der Waals surface area contributed by atoms with Crippen molar-refractivity contribution in [3.8, 4) is 0 Å². The molecule has 1 aromatic rings. The zero-order chi connectivity index (χ0) is 11.7. The van der Waals surface area contributed by atoms with Crippen molar-refractivity contribution in [3.05, 3.63) is 29.3 Å². The SMILES string of the molecule is O=C1CCc2cc(C3CNCCS3)ccc2N1. The van der Waals surface area contributed by atoms with Gasteiger partial charge in [0.05, 0.1) is 0 Å². The lowest BCUT2D eigenvalue weighted by Gasteiger charge is -2.25. The molecule has 4 heteroatoms. The van der Waals surface area contributed by atoms with Crippen molar-refractivity contribution in [1.82, 2.24) is 5.32 Å². The van der Waals surface area contributed by atoms with Crippen LogP contribution in [0.5, 0.6) is 0 Å². The Bertz CT molecular complexity index is 441. The van der Waals surface area contributed by atoms with Gasteiger partial charge in [-0.15, -0.1) is 0 Å². The van der Waals surface area contributed by atoms with Crippen LogP contribution >= 0.6 is 11.8 Å². The largest absolute Gasteiger partial charge is 0.326 e. The third-order valence-corrected chi connectivity index (χ3v) is 4.61. The summed E-state index contributed by atoms with van der Waals surface area (Å²) >= 11 is 2.02. The first-order chi connectivity index (χ1) is 8.33. The van der Waals surface area contributed by atoms with Crippen molar-refractivity contribution in [1.29, 1.82) is 0 Å². The smallest absolute Gasteiger partial charge is 0.224 e. The Morgan fingerprint density at radius 3 is 3.06 bits per heavy atom. The maximum atomic E-state index is 11.3. The molecule has 3 nitrogen and oxygen atoms in total. The second kappa shape index (κ2) is 4.70. The van der Waals surface area contributed by atoms with Crippen LogP contribution in [0.15, 0.2) is 18.2 Å². The Morgan fingerprint density at radius 1 is 1.29 bits per heavy atom. The van der Waals surface area contributed by atoms with Gasteiger partial charge in [0.1, 0.15) is 0 Å². The fourth-order valence-corrected chi connectivity index (χ4v) is 3.50. The van der Waals surface area contributed by atoms with Crippen LogP contribution in [-0.2, 0) is 11.2 Å². The maximum absolute atomic E-state index is 11.3. The van der Waals surface area contributed by atoms with Crippen LogP contribution in [0, 0.1) is 0 Å². The molecule has 3 rings (SSSR count). The number of fused-ring (bicyclic) bond motifs is 1. The summed E-state index contributed by atoms with van der Waals surface area (Å²) in [5.41, 5.74) is 3.67. The van der Waals surface area contributed by atoms with Crippen LogP contribution in [0.3, 0.4) is 0 Å². The van der Waals surface area contributed by atoms with Gasteiger partial charge < -0.3 is 10.6 Å². The van der Waals surface area contributed by atoms with E-state index >= 15 is 0 Å². The highest BCUT2D eigenvalue weighted by atomic mass is 32.2. The number of carbonyl (C=O) groups excluding carboxylic acids is 1. The topological polar surface area (TPSA) is 41.1 Å². The molecule has 2 N–H and O–H groups in total. The first kappa shape index (κ1) is 11.1. The third-order valence-electron chi connectivity index (χ3n) is 3.32. The molecule has 1 atom stereocenters. The maximum Gasteiger partial charge on any atom is 0.224 e. The summed E-state index contributed by atoms with van der Waals surface area (Å²) in [5, 5.41) is 6.92. The minimum absolute atomic E-state index is 0.138. The second-order valence-electron chi connectivity index (χ2n) is 4.53. The molecule has 1 amide bonds. The standard InChI is InChI=1S/C13H16N2OS/c16-13-4-2-9-7-10(1-3-11(9)15-13)12-8-14-5-6-17-12/h1,3,7,12,14H,2,4-6,8H2,(H,15,16). The van der Waals surface area contributed by atoms with Gasteiger partial charge in [0.25, 0.3) is 0 Å². The van der Waals surface area contributed by atoms with Crippen molar-refractivity contribution < 1.29 is 4.79 Å². The van der Waals surface area contributed by atoms with Gasteiger partial charge in [-0.1, -0.05) is 12.1 Å². The molecule has 1 fully saturated rings. The number of rotatable bonds is 1. The van der Waals surface area contributed by atoms with Crippen molar-refractivity contribution in [2.45, 2.75) is 18.1 Å². The summed E-state index contributed by atoms with van der Waals surface area (Å²) in [6, 6.07) is 6.46. The number of aryl methyl sites for hydroxylation is 1. The van der Waals surface area contributed by atoms with Gasteiger partial charge in [-0.2, -0.15) is 11.8 Å². The Balaban J connectivity index is 1.85. The lowest BCUT2D eigenvalue weighted by Crippen LogP contribution is -2.28. The number of hydrogen-bond donors (Lipinski definition) is 2. The third kappa shape index (κ3) is 2.33. The highest BCUT2D eigenvalue weighted by molar-refractivity contribution is 7.99. The van der Waals surface area contributed by atoms with E-state index in [0.29, 0.717) is 11.7 Å². The van der Waals surface area contributed by atoms with E-state index in [-0.39, 0.29) is 5.91 Å². The Hall–Kier alpha value is -1.00. The minimum atomic E-state index is 0.138.